The summed E-state index contributed by atoms with van der Waals surface area (Å²) in [5.41, 5.74) is 1.69. The van der Waals surface area contributed by atoms with Crippen LogP contribution in [0.1, 0.15) is 41.6 Å². The fourth-order valence-corrected chi connectivity index (χ4v) is 2.92. The Balaban J connectivity index is 1.62. The van der Waals surface area contributed by atoms with Crippen molar-refractivity contribution in [2.75, 3.05) is 0 Å². The molecule has 0 bridgehead atoms. The number of carbonyl (C=O) groups excluding carboxylic acids is 2. The molecule has 0 aliphatic heterocycles. The molecule has 0 N–H and O–H groups in total. The molecule has 1 unspecified atom stereocenters. The first kappa shape index (κ1) is 15.5. The molecular weight excluding hydrogens is 288 g/mol. The van der Waals surface area contributed by atoms with Gasteiger partial charge in [-0.15, -0.1) is 0 Å². The second-order valence-electron chi connectivity index (χ2n) is 5.93. The fourth-order valence-electron chi connectivity index (χ4n) is 2.92. The summed E-state index contributed by atoms with van der Waals surface area (Å²) >= 11 is 0. The number of benzene rings is 2. The van der Waals surface area contributed by atoms with Crippen molar-refractivity contribution < 1.29 is 14.3 Å². The minimum atomic E-state index is -0.445. The molecule has 2 aromatic rings. The second kappa shape index (κ2) is 7.23. The maximum Gasteiger partial charge on any atom is 0.173 e. The summed E-state index contributed by atoms with van der Waals surface area (Å²) in [5, 5.41) is 0. The Bertz CT molecular complexity index is 674. The Kier molecular flexibility index (Phi) is 4.86. The van der Waals surface area contributed by atoms with Crippen molar-refractivity contribution in [1.82, 2.24) is 0 Å². The van der Waals surface area contributed by atoms with E-state index < -0.39 is 5.92 Å². The van der Waals surface area contributed by atoms with Gasteiger partial charge in [-0.1, -0.05) is 36.8 Å². The predicted octanol–water partition coefficient (Wildman–Crippen LogP) is 4.21. The monoisotopic (exact) mass is 308 g/mol. The molecule has 118 valence electrons. The van der Waals surface area contributed by atoms with Gasteiger partial charge in [0, 0.05) is 12.0 Å². The molecule has 1 aliphatic rings. The molecular formula is C20H20O3. The Morgan fingerprint density at radius 1 is 1.00 bits per heavy atom. The van der Waals surface area contributed by atoms with Gasteiger partial charge in [-0.3, -0.25) is 9.59 Å². The minimum absolute atomic E-state index is 0.0516. The quantitative estimate of drug-likeness (QED) is 0.614. The summed E-state index contributed by atoms with van der Waals surface area (Å²) in [5.74, 6) is 0.315. The van der Waals surface area contributed by atoms with E-state index in [2.05, 4.69) is 0 Å². The van der Waals surface area contributed by atoms with E-state index in [1.165, 1.54) is 0 Å². The average molecular weight is 308 g/mol. The van der Waals surface area contributed by atoms with Crippen LogP contribution in [0.2, 0.25) is 0 Å². The highest BCUT2D eigenvalue weighted by Gasteiger charge is 2.29. The molecule has 1 atom stereocenters. The van der Waals surface area contributed by atoms with Gasteiger partial charge < -0.3 is 4.74 Å². The lowest BCUT2D eigenvalue weighted by Crippen LogP contribution is -2.27. The standard InChI is InChI=1S/C20H20O3/c21-19-9-5-4-8-18(19)20(22)16-10-12-17(13-11-16)23-14-15-6-2-1-3-7-15/h1-3,6-7,10-13,18H,4-5,8-9,14H2. The molecule has 3 heteroatoms. The number of ketones is 2. The molecule has 0 amide bonds. The van der Waals surface area contributed by atoms with E-state index in [9.17, 15) is 9.59 Å². The van der Waals surface area contributed by atoms with Crippen molar-refractivity contribution in [2.45, 2.75) is 32.3 Å². The number of rotatable bonds is 5. The lowest BCUT2D eigenvalue weighted by Gasteiger charge is -2.19. The van der Waals surface area contributed by atoms with E-state index in [4.69, 9.17) is 4.74 Å². The van der Waals surface area contributed by atoms with Gasteiger partial charge in [-0.2, -0.15) is 0 Å². The van der Waals surface area contributed by atoms with Gasteiger partial charge in [0.2, 0.25) is 0 Å². The number of Topliss-reactive ketones (excluding diaryl/α,β-unsaturated/α-hetero) is 2. The van der Waals surface area contributed by atoms with Crippen LogP contribution in [0.5, 0.6) is 5.75 Å². The highest BCUT2D eigenvalue weighted by atomic mass is 16.5. The molecule has 0 saturated heterocycles. The van der Waals surface area contributed by atoms with Crippen LogP contribution in [0.15, 0.2) is 54.6 Å². The third-order valence-corrected chi connectivity index (χ3v) is 4.26. The van der Waals surface area contributed by atoms with E-state index in [-0.39, 0.29) is 11.6 Å². The molecule has 1 aliphatic carbocycles. The Morgan fingerprint density at radius 2 is 1.74 bits per heavy atom. The maximum atomic E-state index is 12.4. The highest BCUT2D eigenvalue weighted by molar-refractivity contribution is 6.10. The first-order chi connectivity index (χ1) is 11.2. The van der Waals surface area contributed by atoms with Gasteiger partial charge >= 0.3 is 0 Å². The smallest absolute Gasteiger partial charge is 0.173 e. The van der Waals surface area contributed by atoms with E-state index >= 15 is 0 Å². The van der Waals surface area contributed by atoms with Gasteiger partial charge in [0.25, 0.3) is 0 Å². The van der Waals surface area contributed by atoms with Crippen LogP contribution in [-0.4, -0.2) is 11.6 Å². The topological polar surface area (TPSA) is 43.4 Å². The van der Waals surface area contributed by atoms with Crippen LogP contribution < -0.4 is 4.74 Å². The molecule has 1 fully saturated rings. The third kappa shape index (κ3) is 3.86. The van der Waals surface area contributed by atoms with Gasteiger partial charge in [0.05, 0.1) is 5.92 Å². The van der Waals surface area contributed by atoms with E-state index in [1.807, 2.05) is 30.3 Å². The Morgan fingerprint density at radius 3 is 2.43 bits per heavy atom. The number of hydrogen-bond donors (Lipinski definition) is 0. The van der Waals surface area contributed by atoms with Crippen LogP contribution in [0.25, 0.3) is 0 Å². The zero-order valence-electron chi connectivity index (χ0n) is 13.0. The Hall–Kier alpha value is -2.42. The van der Waals surface area contributed by atoms with Gasteiger partial charge in [0.15, 0.2) is 5.78 Å². The lowest BCUT2D eigenvalue weighted by molar-refractivity contribution is -0.122. The summed E-state index contributed by atoms with van der Waals surface area (Å²) in [6.07, 6.45) is 3.09. The summed E-state index contributed by atoms with van der Waals surface area (Å²) in [7, 11) is 0. The highest BCUT2D eigenvalue weighted by Crippen LogP contribution is 2.25. The third-order valence-electron chi connectivity index (χ3n) is 4.26. The fraction of sp³-hybridized carbons (Fsp3) is 0.300. The normalized spacial score (nSPS) is 17.7. The van der Waals surface area contributed by atoms with Crippen molar-refractivity contribution in [1.29, 1.82) is 0 Å². The molecule has 3 rings (SSSR count). The molecule has 1 saturated carbocycles. The first-order valence-electron chi connectivity index (χ1n) is 8.08. The molecule has 2 aromatic carbocycles. The zero-order chi connectivity index (χ0) is 16.1. The van der Waals surface area contributed by atoms with Crippen molar-refractivity contribution >= 4 is 11.6 Å². The maximum absolute atomic E-state index is 12.4. The van der Waals surface area contributed by atoms with Crippen molar-refractivity contribution in [3.63, 3.8) is 0 Å². The molecule has 0 radical (unpaired) electrons. The largest absolute Gasteiger partial charge is 0.489 e. The number of carbonyl (C=O) groups is 2. The van der Waals surface area contributed by atoms with Gasteiger partial charge in [0.1, 0.15) is 18.1 Å². The number of hydrogen-bond acceptors (Lipinski definition) is 3. The molecule has 23 heavy (non-hydrogen) atoms. The van der Waals surface area contributed by atoms with Crippen LogP contribution in [-0.2, 0) is 11.4 Å². The molecule has 0 spiro atoms. The predicted molar refractivity (Wildman–Crippen MR) is 88.5 cm³/mol. The Labute approximate surface area is 136 Å². The lowest BCUT2D eigenvalue weighted by atomic mass is 9.83. The van der Waals surface area contributed by atoms with E-state index in [0.717, 1.165) is 24.2 Å². The van der Waals surface area contributed by atoms with Crippen molar-refractivity contribution in [2.24, 2.45) is 5.92 Å². The molecule has 0 heterocycles. The van der Waals surface area contributed by atoms with E-state index in [1.54, 1.807) is 24.3 Å². The second-order valence-corrected chi connectivity index (χ2v) is 5.93. The summed E-state index contributed by atoms with van der Waals surface area (Å²) in [4.78, 5) is 24.3. The van der Waals surface area contributed by atoms with Crippen LogP contribution in [0.4, 0.5) is 0 Å². The summed E-state index contributed by atoms with van der Waals surface area (Å²) in [6.45, 7) is 0.495. The molecule has 3 nitrogen and oxygen atoms in total. The summed E-state index contributed by atoms with van der Waals surface area (Å²) < 4.78 is 5.72. The van der Waals surface area contributed by atoms with Gasteiger partial charge in [-0.05, 0) is 42.7 Å². The summed E-state index contributed by atoms with van der Waals surface area (Å²) in [6, 6.07) is 17.0. The van der Waals surface area contributed by atoms with E-state index in [0.29, 0.717) is 25.0 Å². The van der Waals surface area contributed by atoms with Gasteiger partial charge in [-0.25, -0.2) is 0 Å². The molecule has 0 aromatic heterocycles. The SMILES string of the molecule is O=C1CCCCC1C(=O)c1ccc(OCc2ccccc2)cc1. The van der Waals surface area contributed by atoms with Crippen LogP contribution in [0, 0.1) is 5.92 Å². The first-order valence-corrected chi connectivity index (χ1v) is 8.08. The van der Waals surface area contributed by atoms with Crippen LogP contribution >= 0.6 is 0 Å². The van der Waals surface area contributed by atoms with Crippen LogP contribution in [0.3, 0.4) is 0 Å². The average Bonchev–Trinajstić information content (AvgIpc) is 2.61. The van der Waals surface area contributed by atoms with Crippen molar-refractivity contribution in [3.8, 4) is 5.75 Å². The van der Waals surface area contributed by atoms with Crippen molar-refractivity contribution in [3.05, 3.63) is 65.7 Å². The number of ether oxygens (including phenoxy) is 1. The zero-order valence-corrected chi connectivity index (χ0v) is 13.0. The minimum Gasteiger partial charge on any atom is -0.489 e.